The molecule has 1 atom stereocenters. The van der Waals surface area contributed by atoms with Crippen molar-refractivity contribution in [1.82, 2.24) is 15.3 Å². The lowest BCUT2D eigenvalue weighted by atomic mass is 10.0. The number of nitrogens with one attached hydrogen (secondary N) is 1. The molecule has 0 radical (unpaired) electrons. The minimum absolute atomic E-state index is 0.111. The molecule has 130 valence electrons. The molecule has 25 heavy (non-hydrogen) atoms. The summed E-state index contributed by atoms with van der Waals surface area (Å²) in [6.45, 7) is 0.227. The van der Waals surface area contributed by atoms with Gasteiger partial charge in [0, 0.05) is 24.0 Å². The topological polar surface area (TPSA) is 37.8 Å². The van der Waals surface area contributed by atoms with Gasteiger partial charge < -0.3 is 5.32 Å². The summed E-state index contributed by atoms with van der Waals surface area (Å²) >= 11 is 0. The van der Waals surface area contributed by atoms with E-state index in [4.69, 9.17) is 0 Å². The van der Waals surface area contributed by atoms with Crippen LogP contribution in [-0.4, -0.2) is 28.7 Å². The van der Waals surface area contributed by atoms with E-state index in [1.165, 1.54) is 12.4 Å². The molecule has 0 unspecified atom stereocenters. The summed E-state index contributed by atoms with van der Waals surface area (Å²) in [5.74, 6) is 0. The van der Waals surface area contributed by atoms with Crippen molar-refractivity contribution in [2.45, 2.75) is 25.1 Å². The predicted octanol–water partition coefficient (Wildman–Crippen LogP) is 3.94. The number of hydrogen-bond acceptors (Lipinski definition) is 3. The van der Waals surface area contributed by atoms with Gasteiger partial charge in [-0.25, -0.2) is 0 Å². The Bertz CT molecular complexity index is 814. The second-order valence-corrected chi connectivity index (χ2v) is 5.85. The van der Waals surface area contributed by atoms with E-state index in [-0.39, 0.29) is 13.0 Å². The molecule has 0 aliphatic carbocycles. The average molecular weight is 345 g/mol. The molecule has 0 saturated heterocycles. The summed E-state index contributed by atoms with van der Waals surface area (Å²) in [6, 6.07) is 11.2. The van der Waals surface area contributed by atoms with Crippen LogP contribution in [0.15, 0.2) is 61.1 Å². The van der Waals surface area contributed by atoms with Crippen LogP contribution in [0.1, 0.15) is 11.1 Å². The van der Waals surface area contributed by atoms with Crippen LogP contribution in [0.2, 0.25) is 0 Å². The van der Waals surface area contributed by atoms with Crippen molar-refractivity contribution in [3.63, 3.8) is 0 Å². The quantitative estimate of drug-likeness (QED) is 0.735. The lowest BCUT2D eigenvalue weighted by Crippen LogP contribution is -2.44. The first-order valence-electron chi connectivity index (χ1n) is 8.05. The molecule has 0 aliphatic heterocycles. The average Bonchev–Trinajstić information content (AvgIpc) is 2.61. The van der Waals surface area contributed by atoms with Crippen molar-refractivity contribution < 1.29 is 13.2 Å². The number of halogens is 3. The molecule has 0 fully saturated rings. The second-order valence-electron chi connectivity index (χ2n) is 5.85. The van der Waals surface area contributed by atoms with Gasteiger partial charge in [0.2, 0.25) is 0 Å². The van der Waals surface area contributed by atoms with Gasteiger partial charge in [-0.1, -0.05) is 24.3 Å². The molecule has 2 aromatic heterocycles. The Labute approximate surface area is 143 Å². The van der Waals surface area contributed by atoms with Crippen LogP contribution in [-0.2, 0) is 12.8 Å². The Morgan fingerprint density at radius 3 is 2.48 bits per heavy atom. The summed E-state index contributed by atoms with van der Waals surface area (Å²) in [5.41, 5.74) is 2.39. The summed E-state index contributed by atoms with van der Waals surface area (Å²) in [5, 5.41) is 3.64. The summed E-state index contributed by atoms with van der Waals surface area (Å²) in [4.78, 5) is 8.18. The van der Waals surface area contributed by atoms with Crippen molar-refractivity contribution in [2.75, 3.05) is 6.54 Å². The normalized spacial score (nSPS) is 13.1. The first-order chi connectivity index (χ1) is 12.0. The SMILES string of the molecule is FC(F)(F)[C@H](Cc1ccncc1)NCCc1cccc2cccnc12. The maximum atomic E-state index is 13.3. The minimum atomic E-state index is -4.31. The van der Waals surface area contributed by atoms with Gasteiger partial charge in [-0.05, 0) is 48.7 Å². The van der Waals surface area contributed by atoms with Crippen LogP contribution in [0, 0.1) is 0 Å². The highest BCUT2D eigenvalue weighted by molar-refractivity contribution is 5.81. The van der Waals surface area contributed by atoms with Crippen molar-refractivity contribution in [2.24, 2.45) is 0 Å². The first-order valence-corrected chi connectivity index (χ1v) is 8.05. The van der Waals surface area contributed by atoms with E-state index in [0.717, 1.165) is 16.5 Å². The number of hydrogen-bond donors (Lipinski definition) is 1. The van der Waals surface area contributed by atoms with Crippen LogP contribution >= 0.6 is 0 Å². The number of rotatable bonds is 6. The number of nitrogens with zero attached hydrogens (tertiary/aromatic N) is 2. The Kier molecular flexibility index (Phi) is 5.28. The first kappa shape index (κ1) is 17.4. The lowest BCUT2D eigenvalue weighted by molar-refractivity contribution is -0.155. The van der Waals surface area contributed by atoms with Crippen LogP contribution in [0.25, 0.3) is 10.9 Å². The molecule has 0 spiro atoms. The molecule has 6 heteroatoms. The third-order valence-electron chi connectivity index (χ3n) is 4.09. The maximum Gasteiger partial charge on any atom is 0.404 e. The van der Waals surface area contributed by atoms with Gasteiger partial charge in [0.05, 0.1) is 5.52 Å². The van der Waals surface area contributed by atoms with Crippen molar-refractivity contribution in [3.05, 3.63) is 72.2 Å². The van der Waals surface area contributed by atoms with Crippen LogP contribution in [0.4, 0.5) is 13.2 Å². The van der Waals surface area contributed by atoms with Crippen LogP contribution < -0.4 is 5.32 Å². The van der Waals surface area contributed by atoms with E-state index in [1.54, 1.807) is 18.3 Å². The van der Waals surface area contributed by atoms with Crippen molar-refractivity contribution >= 4 is 10.9 Å². The van der Waals surface area contributed by atoms with E-state index in [1.807, 2.05) is 30.3 Å². The minimum Gasteiger partial charge on any atom is -0.306 e. The fraction of sp³-hybridized carbons (Fsp3) is 0.263. The number of pyridine rings is 2. The zero-order chi connectivity index (χ0) is 17.7. The highest BCUT2D eigenvalue weighted by atomic mass is 19.4. The fourth-order valence-electron chi connectivity index (χ4n) is 2.81. The fourth-order valence-corrected chi connectivity index (χ4v) is 2.81. The summed E-state index contributed by atoms with van der Waals surface area (Å²) in [6.07, 6.45) is 0.771. The summed E-state index contributed by atoms with van der Waals surface area (Å²) in [7, 11) is 0. The molecule has 3 aromatic rings. The molecule has 3 nitrogen and oxygen atoms in total. The zero-order valence-electron chi connectivity index (χ0n) is 13.5. The molecular formula is C19H18F3N3. The Morgan fingerprint density at radius 2 is 1.72 bits per heavy atom. The van der Waals surface area contributed by atoms with Crippen molar-refractivity contribution in [1.29, 1.82) is 0 Å². The van der Waals surface area contributed by atoms with Gasteiger partial charge in [0.15, 0.2) is 0 Å². The van der Waals surface area contributed by atoms with E-state index in [9.17, 15) is 13.2 Å². The molecule has 0 aliphatic rings. The van der Waals surface area contributed by atoms with Crippen LogP contribution in [0.5, 0.6) is 0 Å². The Morgan fingerprint density at radius 1 is 0.960 bits per heavy atom. The van der Waals surface area contributed by atoms with Gasteiger partial charge in [0.25, 0.3) is 0 Å². The molecular weight excluding hydrogens is 327 g/mol. The maximum absolute atomic E-state index is 13.3. The zero-order valence-corrected chi connectivity index (χ0v) is 13.5. The third-order valence-corrected chi connectivity index (χ3v) is 4.09. The molecule has 0 saturated carbocycles. The van der Waals surface area contributed by atoms with E-state index in [0.29, 0.717) is 12.0 Å². The monoisotopic (exact) mass is 345 g/mol. The highest BCUT2D eigenvalue weighted by Gasteiger charge is 2.39. The van der Waals surface area contributed by atoms with Gasteiger partial charge in [0.1, 0.15) is 6.04 Å². The number of para-hydroxylation sites is 1. The standard InChI is InChI=1S/C19H18F3N3/c20-19(21,22)17(13-14-6-10-23-11-7-14)24-12-8-16-4-1-3-15-5-2-9-25-18(15)16/h1-7,9-11,17,24H,8,12-13H2/t17-/m0/s1. The van der Waals surface area contributed by atoms with E-state index >= 15 is 0 Å². The van der Waals surface area contributed by atoms with Crippen molar-refractivity contribution in [3.8, 4) is 0 Å². The highest BCUT2D eigenvalue weighted by Crippen LogP contribution is 2.23. The van der Waals surface area contributed by atoms with Gasteiger partial charge in [-0.3, -0.25) is 9.97 Å². The number of alkyl halides is 3. The number of benzene rings is 1. The molecule has 2 heterocycles. The second kappa shape index (κ2) is 7.61. The largest absolute Gasteiger partial charge is 0.404 e. The number of aromatic nitrogens is 2. The van der Waals surface area contributed by atoms with Gasteiger partial charge in [-0.2, -0.15) is 13.2 Å². The van der Waals surface area contributed by atoms with Gasteiger partial charge in [-0.15, -0.1) is 0 Å². The van der Waals surface area contributed by atoms with E-state index < -0.39 is 12.2 Å². The van der Waals surface area contributed by atoms with E-state index in [2.05, 4.69) is 15.3 Å². The molecule has 1 aromatic carbocycles. The predicted molar refractivity (Wildman–Crippen MR) is 91.2 cm³/mol. The molecule has 0 amide bonds. The molecule has 0 bridgehead atoms. The molecule has 1 N–H and O–H groups in total. The molecule has 3 rings (SSSR count). The smallest absolute Gasteiger partial charge is 0.306 e. The Hall–Kier alpha value is -2.47. The number of fused-ring (bicyclic) bond motifs is 1. The third kappa shape index (κ3) is 4.54. The van der Waals surface area contributed by atoms with Crippen LogP contribution in [0.3, 0.4) is 0 Å². The summed E-state index contributed by atoms with van der Waals surface area (Å²) < 4.78 is 39.9. The lowest BCUT2D eigenvalue weighted by Gasteiger charge is -2.22. The van der Waals surface area contributed by atoms with Gasteiger partial charge >= 0.3 is 6.18 Å². The Balaban J connectivity index is 1.67.